The molecule has 7 nitrogen and oxygen atoms in total. The van der Waals surface area contributed by atoms with E-state index in [4.69, 9.17) is 0 Å². The number of rotatable bonds is 8. The fraction of sp³-hybridized carbons (Fsp3) is 0.667. The average Bonchev–Trinajstić information content (AvgIpc) is 2.75. The molecule has 1 atom stereocenters. The molecular formula is C21H33FN4O3S. The molecule has 1 N–H and O–H groups in total. The number of carbonyl (C=O) groups excluding carboxylic acids is 1. The van der Waals surface area contributed by atoms with Crippen LogP contribution in [0.5, 0.6) is 0 Å². The average molecular weight is 441 g/mol. The van der Waals surface area contributed by atoms with Gasteiger partial charge in [-0.2, -0.15) is 4.31 Å². The van der Waals surface area contributed by atoms with Gasteiger partial charge in [-0.05, 0) is 50.6 Å². The maximum Gasteiger partial charge on any atom is 0.253 e. The summed E-state index contributed by atoms with van der Waals surface area (Å²) < 4.78 is 40.3. The molecule has 168 valence electrons. The van der Waals surface area contributed by atoms with Crippen LogP contribution >= 0.6 is 0 Å². The van der Waals surface area contributed by atoms with Gasteiger partial charge in [0, 0.05) is 57.4 Å². The summed E-state index contributed by atoms with van der Waals surface area (Å²) in [7, 11) is -3.43. The van der Waals surface area contributed by atoms with Crippen molar-refractivity contribution in [1.82, 2.24) is 19.4 Å². The van der Waals surface area contributed by atoms with Crippen LogP contribution in [0.1, 0.15) is 36.5 Å². The Hall–Kier alpha value is -1.55. The monoisotopic (exact) mass is 440 g/mol. The molecule has 1 aromatic carbocycles. The number of nitrogens with zero attached hydrogens (tertiary/aromatic N) is 3. The summed E-state index contributed by atoms with van der Waals surface area (Å²) in [6.07, 6.45) is 3.51. The lowest BCUT2D eigenvalue weighted by Crippen LogP contribution is -2.49. The van der Waals surface area contributed by atoms with Crippen LogP contribution < -0.4 is 5.32 Å². The van der Waals surface area contributed by atoms with E-state index in [9.17, 15) is 17.6 Å². The van der Waals surface area contributed by atoms with Crippen LogP contribution in [0.4, 0.5) is 4.39 Å². The molecule has 2 fully saturated rings. The molecule has 0 saturated carbocycles. The third-order valence-electron chi connectivity index (χ3n) is 6.06. The first-order chi connectivity index (χ1) is 14.4. The van der Waals surface area contributed by atoms with Crippen LogP contribution in [0.25, 0.3) is 0 Å². The third-order valence-corrected chi connectivity index (χ3v) is 7.92. The number of likely N-dealkylation sites (tertiary alicyclic amines) is 1. The number of nitrogens with one attached hydrogen (secondary N) is 1. The topological polar surface area (TPSA) is 73.0 Å². The quantitative estimate of drug-likeness (QED) is 0.661. The second-order valence-corrected chi connectivity index (χ2v) is 10.2. The Morgan fingerprint density at radius 2 is 1.83 bits per heavy atom. The number of piperidine rings is 1. The van der Waals surface area contributed by atoms with Gasteiger partial charge < -0.3 is 10.2 Å². The molecule has 2 aliphatic rings. The van der Waals surface area contributed by atoms with Crippen LogP contribution in [0.3, 0.4) is 0 Å². The number of halogens is 1. The van der Waals surface area contributed by atoms with Gasteiger partial charge in [0.2, 0.25) is 10.0 Å². The number of hydrogen-bond donors (Lipinski definition) is 1. The Balaban J connectivity index is 1.67. The highest BCUT2D eigenvalue weighted by Gasteiger charge is 2.27. The minimum absolute atomic E-state index is 0.102. The van der Waals surface area contributed by atoms with Gasteiger partial charge in [-0.25, -0.2) is 12.8 Å². The summed E-state index contributed by atoms with van der Waals surface area (Å²) in [6.45, 7) is 6.69. The Morgan fingerprint density at radius 3 is 2.50 bits per heavy atom. The normalized spacial score (nSPS) is 21.5. The standard InChI is InChI=1S/C21H33FN4O3S/c1-18-4-2-3-11-24(18)14-15-25(21(27)19-5-7-20(22)8-6-19)16-17-30(28,29)26-12-9-23-10-13-26/h5-8,18,23H,2-4,9-17H2,1H3/t18-/m0/s1. The number of sulfonamides is 1. The highest BCUT2D eigenvalue weighted by molar-refractivity contribution is 7.89. The van der Waals surface area contributed by atoms with E-state index in [0.717, 1.165) is 19.4 Å². The van der Waals surface area contributed by atoms with E-state index in [1.165, 1.54) is 35.0 Å². The van der Waals surface area contributed by atoms with Crippen molar-refractivity contribution in [2.75, 3.05) is 58.1 Å². The molecule has 0 spiro atoms. The minimum Gasteiger partial charge on any atom is -0.336 e. The summed E-state index contributed by atoms with van der Waals surface area (Å²) in [5, 5.41) is 3.15. The van der Waals surface area contributed by atoms with Crippen LogP contribution in [0, 0.1) is 5.82 Å². The van der Waals surface area contributed by atoms with E-state index in [0.29, 0.717) is 50.9 Å². The minimum atomic E-state index is -3.43. The predicted octanol–water partition coefficient (Wildman–Crippen LogP) is 1.38. The molecule has 0 aromatic heterocycles. The first kappa shape index (κ1) is 23.1. The zero-order valence-corrected chi connectivity index (χ0v) is 18.5. The van der Waals surface area contributed by atoms with E-state index < -0.39 is 15.8 Å². The van der Waals surface area contributed by atoms with E-state index >= 15 is 0 Å². The highest BCUT2D eigenvalue weighted by atomic mass is 32.2. The molecule has 0 aliphatic carbocycles. The van der Waals surface area contributed by atoms with E-state index in [-0.39, 0.29) is 18.2 Å². The van der Waals surface area contributed by atoms with Crippen molar-refractivity contribution < 1.29 is 17.6 Å². The maximum atomic E-state index is 13.3. The lowest BCUT2D eigenvalue weighted by molar-refractivity contribution is 0.0717. The highest BCUT2D eigenvalue weighted by Crippen LogP contribution is 2.16. The van der Waals surface area contributed by atoms with E-state index in [1.54, 1.807) is 4.90 Å². The fourth-order valence-electron chi connectivity index (χ4n) is 4.11. The fourth-order valence-corrected chi connectivity index (χ4v) is 5.55. The summed E-state index contributed by atoms with van der Waals surface area (Å²) in [6, 6.07) is 5.90. The van der Waals surface area contributed by atoms with Crippen LogP contribution in [-0.2, 0) is 10.0 Å². The van der Waals surface area contributed by atoms with E-state index in [1.807, 2.05) is 0 Å². The van der Waals surface area contributed by atoms with Gasteiger partial charge in [0.05, 0.1) is 5.75 Å². The number of carbonyl (C=O) groups is 1. The number of benzene rings is 1. The second kappa shape index (κ2) is 10.7. The summed E-state index contributed by atoms with van der Waals surface area (Å²) >= 11 is 0. The lowest BCUT2D eigenvalue weighted by Gasteiger charge is -2.35. The van der Waals surface area contributed by atoms with E-state index in [2.05, 4.69) is 17.1 Å². The van der Waals surface area contributed by atoms with Gasteiger partial charge in [0.15, 0.2) is 0 Å². The molecule has 2 aliphatic heterocycles. The number of hydrogen-bond acceptors (Lipinski definition) is 5. The Labute approximate surface area is 179 Å². The lowest BCUT2D eigenvalue weighted by atomic mass is 10.0. The smallest absolute Gasteiger partial charge is 0.253 e. The first-order valence-corrected chi connectivity index (χ1v) is 12.5. The van der Waals surface area contributed by atoms with Crippen molar-refractivity contribution in [3.05, 3.63) is 35.6 Å². The molecule has 9 heteroatoms. The zero-order valence-electron chi connectivity index (χ0n) is 17.7. The largest absolute Gasteiger partial charge is 0.336 e. The molecule has 0 bridgehead atoms. The van der Waals surface area contributed by atoms with Crippen molar-refractivity contribution in [3.63, 3.8) is 0 Å². The Morgan fingerprint density at radius 1 is 1.13 bits per heavy atom. The van der Waals surface area contributed by atoms with Gasteiger partial charge in [-0.3, -0.25) is 9.69 Å². The van der Waals surface area contributed by atoms with Gasteiger partial charge in [0.25, 0.3) is 5.91 Å². The third kappa shape index (κ3) is 6.23. The van der Waals surface area contributed by atoms with Gasteiger partial charge in [0.1, 0.15) is 5.82 Å². The van der Waals surface area contributed by atoms with Crippen molar-refractivity contribution in [1.29, 1.82) is 0 Å². The molecular weight excluding hydrogens is 407 g/mol. The molecule has 3 rings (SSSR count). The molecule has 1 amide bonds. The second-order valence-electron chi connectivity index (χ2n) is 8.14. The molecule has 2 saturated heterocycles. The SMILES string of the molecule is C[C@H]1CCCCN1CCN(CCS(=O)(=O)N1CCNCC1)C(=O)c1ccc(F)cc1. The number of amides is 1. The van der Waals surface area contributed by atoms with Crippen molar-refractivity contribution in [2.45, 2.75) is 32.2 Å². The Kier molecular flexibility index (Phi) is 8.21. The maximum absolute atomic E-state index is 13.3. The Bertz CT molecular complexity index is 797. The van der Waals surface area contributed by atoms with Gasteiger partial charge >= 0.3 is 0 Å². The van der Waals surface area contributed by atoms with Crippen LogP contribution in [0.2, 0.25) is 0 Å². The van der Waals surface area contributed by atoms with Crippen molar-refractivity contribution in [3.8, 4) is 0 Å². The van der Waals surface area contributed by atoms with Gasteiger partial charge in [-0.1, -0.05) is 6.42 Å². The van der Waals surface area contributed by atoms with Crippen molar-refractivity contribution >= 4 is 15.9 Å². The number of piperazine rings is 1. The van der Waals surface area contributed by atoms with Gasteiger partial charge in [-0.15, -0.1) is 0 Å². The first-order valence-electron chi connectivity index (χ1n) is 10.8. The summed E-state index contributed by atoms with van der Waals surface area (Å²) in [5.74, 6) is -0.758. The zero-order chi connectivity index (χ0) is 21.6. The molecule has 1 aromatic rings. The molecule has 0 unspecified atom stereocenters. The van der Waals surface area contributed by atoms with Crippen LogP contribution in [0.15, 0.2) is 24.3 Å². The van der Waals surface area contributed by atoms with Crippen LogP contribution in [-0.4, -0.2) is 92.6 Å². The molecule has 30 heavy (non-hydrogen) atoms. The predicted molar refractivity (Wildman–Crippen MR) is 115 cm³/mol. The molecule has 2 heterocycles. The summed E-state index contributed by atoms with van der Waals surface area (Å²) in [5.41, 5.74) is 0.377. The molecule has 0 radical (unpaired) electrons. The summed E-state index contributed by atoms with van der Waals surface area (Å²) in [4.78, 5) is 17.0. The van der Waals surface area contributed by atoms with Crippen molar-refractivity contribution in [2.24, 2.45) is 0 Å².